The summed E-state index contributed by atoms with van der Waals surface area (Å²) >= 11 is 0. The van der Waals surface area contributed by atoms with E-state index in [0.717, 1.165) is 40.9 Å². The van der Waals surface area contributed by atoms with Gasteiger partial charge in [-0.1, -0.05) is 60.7 Å². The van der Waals surface area contributed by atoms with Crippen LogP contribution in [0.1, 0.15) is 40.9 Å². The first-order chi connectivity index (χ1) is 16.2. The zero-order valence-corrected chi connectivity index (χ0v) is 20.4. The van der Waals surface area contributed by atoms with E-state index < -0.39 is 5.97 Å². The number of amides is 1. The van der Waals surface area contributed by atoms with Gasteiger partial charge >= 0.3 is 0 Å². The number of anilines is 1. The number of rotatable bonds is 8. The van der Waals surface area contributed by atoms with E-state index in [1.54, 1.807) is 6.07 Å². The molecule has 3 aromatic rings. The zero-order chi connectivity index (χ0) is 25.1. The number of phenols is 1. The van der Waals surface area contributed by atoms with Crippen molar-refractivity contribution < 1.29 is 24.3 Å². The van der Waals surface area contributed by atoms with E-state index in [4.69, 9.17) is 5.11 Å². The van der Waals surface area contributed by atoms with Crippen LogP contribution in [-0.4, -0.2) is 41.1 Å². The molecule has 1 amide bonds. The zero-order valence-electron chi connectivity index (χ0n) is 20.4. The van der Waals surface area contributed by atoms with Crippen molar-refractivity contribution in [3.63, 3.8) is 0 Å². The molecule has 0 aromatic heterocycles. The van der Waals surface area contributed by atoms with E-state index >= 15 is 0 Å². The second-order valence-electron chi connectivity index (χ2n) is 8.40. The molecule has 2 N–H and O–H groups in total. The van der Waals surface area contributed by atoms with Gasteiger partial charge in [0.25, 0.3) is 5.91 Å². The van der Waals surface area contributed by atoms with Crippen LogP contribution in [-0.2, 0) is 11.3 Å². The molecule has 6 nitrogen and oxygen atoms in total. The number of carboxylic acids is 1. The highest BCUT2D eigenvalue weighted by Crippen LogP contribution is 2.21. The van der Waals surface area contributed by atoms with Crippen molar-refractivity contribution in [1.29, 1.82) is 0 Å². The molecule has 0 saturated carbocycles. The first-order valence-electron chi connectivity index (χ1n) is 11.5. The smallest absolute Gasteiger partial charge is 0.279 e. The highest BCUT2D eigenvalue weighted by molar-refractivity contribution is 5.93. The van der Waals surface area contributed by atoms with Crippen molar-refractivity contribution in [2.45, 2.75) is 34.2 Å². The largest absolute Gasteiger partial charge is 0.545 e. The second-order valence-corrected chi connectivity index (χ2v) is 8.40. The van der Waals surface area contributed by atoms with Gasteiger partial charge in [0.05, 0.1) is 19.1 Å². The number of para-hydroxylation sites is 2. The predicted octanol–water partition coefficient (Wildman–Crippen LogP) is 4.05. The van der Waals surface area contributed by atoms with Crippen molar-refractivity contribution in [2.75, 3.05) is 25.0 Å². The van der Waals surface area contributed by atoms with Crippen molar-refractivity contribution in [2.24, 2.45) is 0 Å². The molecular formula is C28H34N2O4. The number of benzene rings is 3. The summed E-state index contributed by atoms with van der Waals surface area (Å²) in [5.74, 6) is -1.53. The number of carbonyl (C=O) groups is 2. The average Bonchev–Trinajstić information content (AvgIpc) is 2.82. The second kappa shape index (κ2) is 12.6. The molecule has 0 aliphatic rings. The molecular weight excluding hydrogens is 428 g/mol. The summed E-state index contributed by atoms with van der Waals surface area (Å²) in [4.78, 5) is 22.9. The van der Waals surface area contributed by atoms with E-state index in [1.807, 2.05) is 38.1 Å². The SMILES string of the molecule is CC[N+](CC)(CC(=O)Nc1c(C)cccc1C)Cc1ccccc1.O=C([O-])c1ccccc1O. The normalized spacial score (nSPS) is 10.7. The molecule has 0 aliphatic carbocycles. The minimum Gasteiger partial charge on any atom is -0.545 e. The maximum Gasteiger partial charge on any atom is 0.279 e. The van der Waals surface area contributed by atoms with E-state index in [9.17, 15) is 14.7 Å². The number of aromatic carboxylic acids is 1. The fourth-order valence-corrected chi connectivity index (χ4v) is 3.84. The van der Waals surface area contributed by atoms with Crippen LogP contribution in [0.2, 0.25) is 0 Å². The van der Waals surface area contributed by atoms with Crippen LogP contribution in [0, 0.1) is 13.8 Å². The topological polar surface area (TPSA) is 89.5 Å². The van der Waals surface area contributed by atoms with Gasteiger partial charge in [-0.05, 0) is 51.0 Å². The van der Waals surface area contributed by atoms with E-state index in [-0.39, 0.29) is 17.2 Å². The molecule has 0 bridgehead atoms. The summed E-state index contributed by atoms with van der Waals surface area (Å²) in [6.07, 6.45) is 0. The molecule has 0 unspecified atom stereocenters. The van der Waals surface area contributed by atoms with Gasteiger partial charge in [-0.3, -0.25) is 4.79 Å². The maximum atomic E-state index is 12.7. The third kappa shape index (κ3) is 7.46. The molecule has 0 atom stereocenters. The third-order valence-corrected chi connectivity index (χ3v) is 6.05. The first-order valence-corrected chi connectivity index (χ1v) is 11.5. The molecule has 0 fully saturated rings. The Morgan fingerprint density at radius 1 is 0.853 bits per heavy atom. The van der Waals surface area contributed by atoms with Crippen LogP contribution in [0.4, 0.5) is 5.69 Å². The highest BCUT2D eigenvalue weighted by Gasteiger charge is 2.27. The van der Waals surface area contributed by atoms with Gasteiger partial charge in [-0.25, -0.2) is 0 Å². The van der Waals surface area contributed by atoms with Crippen molar-refractivity contribution in [3.8, 4) is 5.75 Å². The first kappa shape index (κ1) is 26.6. The molecule has 3 rings (SSSR count). The Morgan fingerprint density at radius 2 is 1.41 bits per heavy atom. The van der Waals surface area contributed by atoms with Gasteiger partial charge < -0.3 is 24.8 Å². The minimum atomic E-state index is -1.36. The summed E-state index contributed by atoms with van der Waals surface area (Å²) < 4.78 is 0.765. The Kier molecular flexibility index (Phi) is 9.83. The molecule has 3 aromatic carbocycles. The minimum absolute atomic E-state index is 0.0898. The molecule has 0 spiro atoms. The molecule has 0 saturated heterocycles. The summed E-state index contributed by atoms with van der Waals surface area (Å²) in [6, 6.07) is 22.2. The summed E-state index contributed by atoms with van der Waals surface area (Å²) in [5, 5.41) is 22.1. The monoisotopic (exact) mass is 462 g/mol. The van der Waals surface area contributed by atoms with Crippen molar-refractivity contribution >= 4 is 17.6 Å². The van der Waals surface area contributed by atoms with Crippen molar-refractivity contribution in [3.05, 3.63) is 95.1 Å². The van der Waals surface area contributed by atoms with E-state index in [2.05, 4.69) is 43.4 Å². The van der Waals surface area contributed by atoms with Gasteiger partial charge in [-0.15, -0.1) is 0 Å². The Bertz CT molecular complexity index is 1070. The van der Waals surface area contributed by atoms with Crippen LogP contribution in [0.15, 0.2) is 72.8 Å². The Labute approximate surface area is 202 Å². The van der Waals surface area contributed by atoms with Gasteiger partial charge in [0, 0.05) is 16.8 Å². The van der Waals surface area contributed by atoms with E-state index in [1.165, 1.54) is 23.8 Å². The number of hydrogen-bond acceptors (Lipinski definition) is 4. The lowest BCUT2D eigenvalue weighted by Crippen LogP contribution is -2.51. The number of quaternary nitrogens is 1. The van der Waals surface area contributed by atoms with Crippen LogP contribution in [0.5, 0.6) is 5.75 Å². The van der Waals surface area contributed by atoms with E-state index in [0.29, 0.717) is 6.54 Å². The lowest BCUT2D eigenvalue weighted by atomic mass is 10.1. The predicted molar refractivity (Wildman–Crippen MR) is 133 cm³/mol. The quantitative estimate of drug-likeness (QED) is 0.494. The number of carbonyl (C=O) groups excluding carboxylic acids is 2. The molecule has 0 heterocycles. The molecule has 0 radical (unpaired) electrons. The summed E-state index contributed by atoms with van der Waals surface area (Å²) in [5.41, 5.74) is 4.27. The van der Waals surface area contributed by atoms with Crippen LogP contribution < -0.4 is 10.4 Å². The van der Waals surface area contributed by atoms with Gasteiger partial charge in [0.1, 0.15) is 12.3 Å². The molecule has 6 heteroatoms. The Morgan fingerprint density at radius 3 is 1.91 bits per heavy atom. The number of aryl methyl sites for hydroxylation is 2. The lowest BCUT2D eigenvalue weighted by Gasteiger charge is -2.36. The molecule has 180 valence electrons. The Hall–Kier alpha value is -3.64. The van der Waals surface area contributed by atoms with Gasteiger partial charge in [0.2, 0.25) is 0 Å². The number of hydrogen-bond donors (Lipinski definition) is 2. The highest BCUT2D eigenvalue weighted by atomic mass is 16.4. The number of likely N-dealkylation sites (N-methyl/N-ethyl adjacent to an activating group) is 1. The molecule has 0 aliphatic heterocycles. The standard InChI is InChI=1S/C21H28N2O.C7H6O3/c1-5-23(6-2,15-19-13-8-7-9-14-19)16-20(24)22-21-17(3)11-10-12-18(21)4;8-6-4-2-1-3-5(6)7(9)10/h7-14H,5-6,15-16H2,1-4H3;1-4,8H,(H,9,10). The van der Waals surface area contributed by atoms with Crippen LogP contribution in [0.3, 0.4) is 0 Å². The summed E-state index contributed by atoms with van der Waals surface area (Å²) in [7, 11) is 0. The average molecular weight is 463 g/mol. The molecule has 34 heavy (non-hydrogen) atoms. The Balaban J connectivity index is 0.000000340. The lowest BCUT2D eigenvalue weighted by molar-refractivity contribution is -0.930. The number of carboxylic acid groups (broad SMARTS) is 1. The fourth-order valence-electron chi connectivity index (χ4n) is 3.84. The number of nitrogens with one attached hydrogen (secondary N) is 1. The van der Waals surface area contributed by atoms with Gasteiger partial charge in [0.15, 0.2) is 6.54 Å². The number of aromatic hydroxyl groups is 1. The van der Waals surface area contributed by atoms with Crippen LogP contribution >= 0.6 is 0 Å². The maximum absolute atomic E-state index is 12.7. The van der Waals surface area contributed by atoms with Crippen molar-refractivity contribution in [1.82, 2.24) is 0 Å². The third-order valence-electron chi connectivity index (χ3n) is 6.05. The van der Waals surface area contributed by atoms with Gasteiger partial charge in [-0.2, -0.15) is 0 Å². The fraction of sp³-hybridized carbons (Fsp3) is 0.286. The summed E-state index contributed by atoms with van der Waals surface area (Å²) in [6.45, 7) is 11.7. The van der Waals surface area contributed by atoms with Crippen LogP contribution in [0.25, 0.3) is 0 Å². The number of nitrogens with zero attached hydrogens (tertiary/aromatic N) is 1.